The lowest BCUT2D eigenvalue weighted by Crippen LogP contribution is -2.47. The highest BCUT2D eigenvalue weighted by Gasteiger charge is 2.66. The molecule has 0 aromatic heterocycles. The van der Waals surface area contributed by atoms with Crippen molar-refractivity contribution in [3.05, 3.63) is 58.9 Å². The van der Waals surface area contributed by atoms with Crippen LogP contribution < -0.4 is 10.1 Å². The smallest absolute Gasteiger partial charge is 0.417 e. The van der Waals surface area contributed by atoms with Crippen molar-refractivity contribution in [2.24, 2.45) is 5.92 Å². The van der Waals surface area contributed by atoms with Crippen molar-refractivity contribution in [2.45, 2.75) is 44.6 Å². The van der Waals surface area contributed by atoms with Crippen molar-refractivity contribution < 1.29 is 45.4 Å². The van der Waals surface area contributed by atoms with Crippen LogP contribution in [0, 0.1) is 23.4 Å². The number of methoxy groups -OCH3 is 1. The van der Waals surface area contributed by atoms with E-state index in [0.29, 0.717) is 6.07 Å². The number of ether oxygens (including phenoxy) is 2. The second kappa shape index (κ2) is 8.94. The molecule has 1 amide bonds. The Morgan fingerprint density at radius 1 is 1.09 bits per heavy atom. The van der Waals surface area contributed by atoms with Gasteiger partial charge >= 0.3 is 6.18 Å². The first-order valence-electron chi connectivity index (χ1n) is 10.1. The third kappa shape index (κ3) is 4.13. The molecule has 1 N–H and O–H groups in total. The van der Waals surface area contributed by atoms with Crippen LogP contribution in [0.5, 0.6) is 5.75 Å². The van der Waals surface area contributed by atoms with Crippen molar-refractivity contribution in [3.8, 4) is 5.75 Å². The Morgan fingerprint density at radius 3 is 2.29 bits per heavy atom. The molecule has 184 valence electrons. The van der Waals surface area contributed by atoms with Crippen LogP contribution >= 0.6 is 0 Å². The van der Waals surface area contributed by atoms with Gasteiger partial charge in [0.05, 0.1) is 18.4 Å². The maximum Gasteiger partial charge on any atom is 0.417 e. The number of anilines is 1. The molecule has 2 aromatic rings. The third-order valence-corrected chi connectivity index (χ3v) is 6.19. The first-order chi connectivity index (χ1) is 15.7. The van der Waals surface area contributed by atoms with E-state index in [1.807, 2.05) is 0 Å². The van der Waals surface area contributed by atoms with Crippen molar-refractivity contribution in [1.82, 2.24) is 0 Å². The normalized spacial score (nSPS) is 24.7. The lowest BCUT2D eigenvalue weighted by Gasteiger charge is -2.32. The van der Waals surface area contributed by atoms with Gasteiger partial charge in [-0.25, -0.2) is 8.78 Å². The lowest BCUT2D eigenvalue weighted by molar-refractivity contribution is -0.272. The number of benzene rings is 2. The molecule has 2 aromatic carbocycles. The van der Waals surface area contributed by atoms with E-state index in [1.165, 1.54) is 12.1 Å². The molecule has 34 heavy (non-hydrogen) atoms. The number of halogens is 6. The van der Waals surface area contributed by atoms with Gasteiger partial charge in [0.15, 0.2) is 23.0 Å². The third-order valence-electron chi connectivity index (χ3n) is 6.19. The van der Waals surface area contributed by atoms with E-state index < -0.39 is 70.2 Å². The predicted octanol–water partition coefficient (Wildman–Crippen LogP) is 5.39. The molecule has 0 saturated carbocycles. The number of hydrogen-bond acceptors (Lipinski definition) is 4. The summed E-state index contributed by atoms with van der Waals surface area (Å²) < 4.78 is 94.4. The van der Waals surface area contributed by atoms with Gasteiger partial charge in [0.25, 0.3) is 5.91 Å². The summed E-state index contributed by atoms with van der Waals surface area (Å²) in [6, 6.07) is 5.11. The van der Waals surface area contributed by atoms with E-state index in [2.05, 4.69) is 5.32 Å². The fourth-order valence-corrected chi connectivity index (χ4v) is 4.23. The lowest BCUT2D eigenvalue weighted by atomic mass is 9.77. The van der Waals surface area contributed by atoms with Crippen LogP contribution in [-0.4, -0.2) is 36.7 Å². The Labute approximate surface area is 191 Å². The molecule has 1 aliphatic rings. The van der Waals surface area contributed by atoms with E-state index in [1.54, 1.807) is 0 Å². The fraction of sp³-hybridized carbons (Fsp3) is 0.391. The summed E-state index contributed by atoms with van der Waals surface area (Å²) >= 11 is 0. The molecule has 5 nitrogen and oxygen atoms in total. The zero-order valence-electron chi connectivity index (χ0n) is 18.5. The molecule has 0 unspecified atom stereocenters. The Bertz CT molecular complexity index is 1140. The molecule has 1 saturated heterocycles. The van der Waals surface area contributed by atoms with Gasteiger partial charge in [0, 0.05) is 17.4 Å². The monoisotopic (exact) mass is 489 g/mol. The minimum Gasteiger partial charge on any atom is -0.493 e. The Kier molecular flexibility index (Phi) is 6.71. The van der Waals surface area contributed by atoms with Crippen LogP contribution in [0.1, 0.15) is 42.6 Å². The molecule has 1 fully saturated rings. The molecule has 4 atom stereocenters. The van der Waals surface area contributed by atoms with E-state index in [9.17, 15) is 35.9 Å². The van der Waals surface area contributed by atoms with Crippen LogP contribution in [0.2, 0.25) is 0 Å². The highest BCUT2D eigenvalue weighted by atomic mass is 19.4. The van der Waals surface area contributed by atoms with Crippen molar-refractivity contribution in [1.29, 1.82) is 0 Å². The number of alkyl halides is 3. The summed E-state index contributed by atoms with van der Waals surface area (Å²) in [5.41, 5.74) is -3.80. The molecule has 0 bridgehead atoms. The zero-order chi connectivity index (χ0) is 25.6. The highest BCUT2D eigenvalue weighted by molar-refractivity contribution is 6.05. The van der Waals surface area contributed by atoms with Gasteiger partial charge in [-0.1, -0.05) is 19.1 Å². The number of Topliss-reactive ketones (excluding diaryl/α,β-unsaturated/α-hetero) is 1. The summed E-state index contributed by atoms with van der Waals surface area (Å²) in [5.74, 6) is -9.09. The number of carbonyl (C=O) groups excluding carboxylic acids is 2. The Balaban J connectivity index is 2.13. The molecule has 1 heterocycles. The SMILES string of the molecule is COc1c([C@H]2[C@H](C(=O)Nc3cccc(F)c3C(C)=O)O[C@@](C)(C(F)(F)F)[C@H]2C)ccc(F)c1F. The van der Waals surface area contributed by atoms with Gasteiger partial charge in [-0.05, 0) is 32.0 Å². The summed E-state index contributed by atoms with van der Waals surface area (Å²) in [6.45, 7) is 2.96. The van der Waals surface area contributed by atoms with Gasteiger partial charge in [-0.15, -0.1) is 0 Å². The maximum absolute atomic E-state index is 14.4. The molecular weight excluding hydrogens is 468 g/mol. The molecule has 0 radical (unpaired) electrons. The van der Waals surface area contributed by atoms with Gasteiger partial charge in [0.2, 0.25) is 5.82 Å². The number of ketones is 1. The summed E-state index contributed by atoms with van der Waals surface area (Å²) in [4.78, 5) is 25.0. The topological polar surface area (TPSA) is 64.6 Å². The van der Waals surface area contributed by atoms with E-state index in [4.69, 9.17) is 9.47 Å². The minimum absolute atomic E-state index is 0.215. The summed E-state index contributed by atoms with van der Waals surface area (Å²) in [5, 5.41) is 2.25. The van der Waals surface area contributed by atoms with E-state index in [0.717, 1.165) is 40.0 Å². The number of carbonyl (C=O) groups is 2. The van der Waals surface area contributed by atoms with Crippen molar-refractivity contribution >= 4 is 17.4 Å². The van der Waals surface area contributed by atoms with Crippen molar-refractivity contribution in [2.75, 3.05) is 12.4 Å². The first kappa shape index (κ1) is 25.5. The molecule has 3 rings (SSSR count). The number of rotatable bonds is 5. The first-order valence-corrected chi connectivity index (χ1v) is 10.1. The Morgan fingerprint density at radius 2 is 1.74 bits per heavy atom. The molecule has 11 heteroatoms. The van der Waals surface area contributed by atoms with Crippen LogP contribution in [0.25, 0.3) is 0 Å². The quantitative estimate of drug-likeness (QED) is 0.452. The van der Waals surface area contributed by atoms with Gasteiger partial charge in [-0.2, -0.15) is 17.6 Å². The average Bonchev–Trinajstić information content (AvgIpc) is 3.02. The second-order valence-electron chi connectivity index (χ2n) is 8.15. The minimum atomic E-state index is -4.94. The predicted molar refractivity (Wildman–Crippen MR) is 109 cm³/mol. The highest BCUT2D eigenvalue weighted by Crippen LogP contribution is 2.55. The van der Waals surface area contributed by atoms with E-state index in [-0.39, 0.29) is 11.3 Å². The number of amides is 1. The standard InChI is InChI=1S/C23H21F6NO4/c1-10-16(12-8-9-14(25)18(26)19(12)33-4)20(34-22(10,3)23(27,28)29)21(32)30-15-7-5-6-13(24)17(15)11(2)31/h5-10,16,20H,1-4H3,(H,30,32)/t10-,16-,20+,22+/m0/s1. The average molecular weight is 489 g/mol. The molecular formula is C23H21F6NO4. The van der Waals surface area contributed by atoms with Crippen molar-refractivity contribution in [3.63, 3.8) is 0 Å². The largest absolute Gasteiger partial charge is 0.493 e. The molecule has 0 spiro atoms. The Hall–Kier alpha value is -3.08. The van der Waals surface area contributed by atoms with Crippen LogP contribution in [-0.2, 0) is 9.53 Å². The van der Waals surface area contributed by atoms with Crippen LogP contribution in [0.4, 0.5) is 32.0 Å². The van der Waals surface area contributed by atoms with Crippen LogP contribution in [0.3, 0.4) is 0 Å². The molecule has 1 aliphatic heterocycles. The number of hydrogen-bond donors (Lipinski definition) is 1. The van der Waals surface area contributed by atoms with Gasteiger partial charge < -0.3 is 14.8 Å². The van der Waals surface area contributed by atoms with Crippen LogP contribution in [0.15, 0.2) is 30.3 Å². The second-order valence-corrected chi connectivity index (χ2v) is 8.15. The van der Waals surface area contributed by atoms with Gasteiger partial charge in [0.1, 0.15) is 11.9 Å². The fourth-order valence-electron chi connectivity index (χ4n) is 4.23. The zero-order valence-corrected chi connectivity index (χ0v) is 18.5. The van der Waals surface area contributed by atoms with Gasteiger partial charge in [-0.3, -0.25) is 9.59 Å². The number of nitrogens with one attached hydrogen (secondary N) is 1. The molecule has 0 aliphatic carbocycles. The summed E-state index contributed by atoms with van der Waals surface area (Å²) in [7, 11) is 1.01. The van der Waals surface area contributed by atoms with E-state index >= 15 is 0 Å². The summed E-state index contributed by atoms with van der Waals surface area (Å²) in [6.07, 6.45) is -6.81. The maximum atomic E-state index is 14.4.